The predicted molar refractivity (Wildman–Crippen MR) is 132 cm³/mol. The number of carbonyl (C=O) groups excluding carboxylic acids is 3. The van der Waals surface area contributed by atoms with Crippen molar-refractivity contribution in [3.05, 3.63) is 76.3 Å². The zero-order valence-electron chi connectivity index (χ0n) is 19.2. The summed E-state index contributed by atoms with van der Waals surface area (Å²) in [6, 6.07) is 8.89. The maximum absolute atomic E-state index is 13.9. The van der Waals surface area contributed by atoms with Gasteiger partial charge in [-0.15, -0.1) is 0 Å². The molecule has 0 radical (unpaired) electrons. The molecule has 3 amide bonds. The van der Waals surface area contributed by atoms with Gasteiger partial charge >= 0.3 is 0 Å². The topological polar surface area (TPSA) is 131 Å². The Hall–Kier alpha value is -3.86. The van der Waals surface area contributed by atoms with Crippen molar-refractivity contribution < 1.29 is 23.2 Å². The lowest BCUT2D eigenvalue weighted by Gasteiger charge is -2.33. The third-order valence-electron chi connectivity index (χ3n) is 6.12. The molecule has 0 bridgehead atoms. The van der Waals surface area contributed by atoms with Crippen LogP contribution < -0.4 is 21.7 Å². The second-order valence-corrected chi connectivity index (χ2v) is 9.36. The summed E-state index contributed by atoms with van der Waals surface area (Å²) in [6.07, 6.45) is 4.63. The number of amides is 3. The number of halogens is 2. The van der Waals surface area contributed by atoms with E-state index in [4.69, 9.17) is 11.5 Å². The summed E-state index contributed by atoms with van der Waals surface area (Å²) in [5, 5.41) is 3.02. The molecule has 3 aromatic rings. The van der Waals surface area contributed by atoms with Gasteiger partial charge in [-0.05, 0) is 66.3 Å². The number of nitrogens with one attached hydrogen (secondary N) is 1. The number of nitrogen functional groups attached to an aromatic ring is 1. The number of aromatic nitrogens is 1. The first-order valence-electron chi connectivity index (χ1n) is 11.5. The van der Waals surface area contributed by atoms with Gasteiger partial charge in [-0.2, -0.15) is 4.37 Å². The molecule has 1 saturated carbocycles. The Labute approximate surface area is 210 Å². The van der Waals surface area contributed by atoms with Crippen LogP contribution in [0.4, 0.5) is 20.2 Å². The van der Waals surface area contributed by atoms with Crippen molar-refractivity contribution in [1.29, 1.82) is 0 Å². The Morgan fingerprint density at radius 1 is 0.972 bits per heavy atom. The second kappa shape index (κ2) is 10.8. The summed E-state index contributed by atoms with van der Waals surface area (Å²) in [7, 11) is 0. The number of anilines is 2. The first-order valence-corrected chi connectivity index (χ1v) is 12.2. The van der Waals surface area contributed by atoms with Crippen molar-refractivity contribution in [2.45, 2.75) is 44.2 Å². The highest BCUT2D eigenvalue weighted by Gasteiger charge is 2.37. The van der Waals surface area contributed by atoms with Crippen LogP contribution in [-0.2, 0) is 4.79 Å². The first-order chi connectivity index (χ1) is 17.3. The average molecular weight is 514 g/mol. The highest BCUT2D eigenvalue weighted by atomic mass is 32.1. The van der Waals surface area contributed by atoms with Gasteiger partial charge in [-0.25, -0.2) is 8.78 Å². The van der Waals surface area contributed by atoms with Gasteiger partial charge in [0.25, 0.3) is 11.8 Å². The molecule has 5 N–H and O–H groups in total. The molecule has 4 rings (SSSR count). The van der Waals surface area contributed by atoms with Crippen LogP contribution >= 0.6 is 11.5 Å². The van der Waals surface area contributed by atoms with Gasteiger partial charge in [0.05, 0.1) is 5.69 Å². The molecule has 36 heavy (non-hydrogen) atoms. The normalized spacial score (nSPS) is 14.7. The van der Waals surface area contributed by atoms with E-state index >= 15 is 0 Å². The van der Waals surface area contributed by atoms with Crippen LogP contribution in [0.5, 0.6) is 0 Å². The minimum atomic E-state index is -1.25. The zero-order valence-corrected chi connectivity index (χ0v) is 20.1. The Morgan fingerprint density at radius 2 is 1.56 bits per heavy atom. The van der Waals surface area contributed by atoms with E-state index in [0.29, 0.717) is 17.1 Å². The first kappa shape index (κ1) is 25.2. The molecule has 1 fully saturated rings. The second-order valence-electron chi connectivity index (χ2n) is 8.59. The van der Waals surface area contributed by atoms with Crippen LogP contribution in [0.1, 0.15) is 63.9 Å². The van der Waals surface area contributed by atoms with E-state index in [9.17, 15) is 23.2 Å². The Balaban J connectivity index is 1.83. The molecule has 1 aliphatic rings. The smallest absolute Gasteiger partial charge is 0.273 e. The number of primary amides is 1. The number of nitrogens with zero attached hydrogens (tertiary/aromatic N) is 2. The average Bonchev–Trinajstić information content (AvgIpc) is 3.26. The van der Waals surface area contributed by atoms with E-state index in [0.717, 1.165) is 49.1 Å². The van der Waals surface area contributed by atoms with Gasteiger partial charge in [0.15, 0.2) is 5.69 Å². The largest absolute Gasteiger partial charge is 0.395 e. The van der Waals surface area contributed by atoms with Gasteiger partial charge in [-0.3, -0.25) is 19.3 Å². The summed E-state index contributed by atoms with van der Waals surface area (Å²) < 4.78 is 31.4. The fraction of sp³-hybridized carbons (Fsp3) is 0.280. The molecule has 2 aromatic carbocycles. The van der Waals surface area contributed by atoms with Crippen LogP contribution in [0.2, 0.25) is 0 Å². The zero-order chi connectivity index (χ0) is 25.8. The van der Waals surface area contributed by atoms with Crippen molar-refractivity contribution >= 4 is 40.6 Å². The van der Waals surface area contributed by atoms with E-state index in [2.05, 4.69) is 9.69 Å². The summed E-state index contributed by atoms with van der Waals surface area (Å²) in [5.74, 6) is -3.17. The van der Waals surface area contributed by atoms with E-state index in [1.165, 1.54) is 36.4 Å². The fourth-order valence-corrected chi connectivity index (χ4v) is 5.06. The van der Waals surface area contributed by atoms with Gasteiger partial charge in [0.1, 0.15) is 22.6 Å². The quantitative estimate of drug-likeness (QED) is 0.440. The van der Waals surface area contributed by atoms with Crippen LogP contribution in [0.3, 0.4) is 0 Å². The fourth-order valence-electron chi connectivity index (χ4n) is 4.31. The molecule has 1 atom stereocenters. The molecular formula is C25H25F2N5O3S. The minimum absolute atomic E-state index is 0.0747. The third-order valence-corrected chi connectivity index (χ3v) is 6.97. The maximum atomic E-state index is 13.9. The molecule has 0 aliphatic heterocycles. The third kappa shape index (κ3) is 5.35. The molecule has 0 spiro atoms. The van der Waals surface area contributed by atoms with Crippen molar-refractivity contribution in [3.63, 3.8) is 0 Å². The molecule has 188 valence electrons. The molecular weight excluding hydrogens is 488 g/mol. The Bertz CT molecular complexity index is 1260. The summed E-state index contributed by atoms with van der Waals surface area (Å²) in [4.78, 5) is 40.3. The van der Waals surface area contributed by atoms with E-state index in [1.807, 2.05) is 0 Å². The SMILES string of the molecule is NC(=O)c1nsc(C(=O)N(c2ccc(F)cc2)[C@@H](C(=O)NC2CCCCC2)c2ccc(F)cc2)c1N. The lowest BCUT2D eigenvalue weighted by atomic mass is 9.94. The molecule has 1 aromatic heterocycles. The number of rotatable bonds is 7. The monoisotopic (exact) mass is 513 g/mol. The number of carbonyl (C=O) groups is 3. The summed E-state index contributed by atoms with van der Waals surface area (Å²) >= 11 is 0.668. The van der Waals surface area contributed by atoms with E-state index < -0.39 is 35.4 Å². The van der Waals surface area contributed by atoms with E-state index in [1.54, 1.807) is 0 Å². The summed E-state index contributed by atoms with van der Waals surface area (Å²) in [6.45, 7) is 0. The molecule has 1 heterocycles. The van der Waals surface area contributed by atoms with E-state index in [-0.39, 0.29) is 28.0 Å². The lowest BCUT2D eigenvalue weighted by Crippen LogP contribution is -2.47. The van der Waals surface area contributed by atoms with Crippen molar-refractivity contribution in [3.8, 4) is 0 Å². The van der Waals surface area contributed by atoms with Crippen molar-refractivity contribution in [2.24, 2.45) is 5.73 Å². The molecule has 11 heteroatoms. The van der Waals surface area contributed by atoms with Crippen LogP contribution in [0.15, 0.2) is 48.5 Å². The number of benzene rings is 2. The Kier molecular flexibility index (Phi) is 7.58. The van der Waals surface area contributed by atoms with Gasteiger partial charge in [0.2, 0.25) is 5.91 Å². The maximum Gasteiger partial charge on any atom is 0.273 e. The van der Waals surface area contributed by atoms with Gasteiger partial charge in [-0.1, -0.05) is 31.4 Å². The van der Waals surface area contributed by atoms with Gasteiger partial charge < -0.3 is 16.8 Å². The standard InChI is InChI=1S/C25H25F2N5O3S/c26-15-8-6-14(7-9-15)21(24(34)30-17-4-2-1-3-5-17)32(18-12-10-16(27)11-13-18)25(35)22-19(28)20(23(29)33)31-36-22/h6-13,17,21H,1-5,28H2,(H2,29,33)(H,30,34)/t21-/m1/s1. The highest BCUT2D eigenvalue weighted by molar-refractivity contribution is 7.09. The van der Waals surface area contributed by atoms with Crippen molar-refractivity contribution in [1.82, 2.24) is 9.69 Å². The lowest BCUT2D eigenvalue weighted by molar-refractivity contribution is -0.123. The molecule has 0 unspecified atom stereocenters. The highest BCUT2D eigenvalue weighted by Crippen LogP contribution is 2.34. The van der Waals surface area contributed by atoms with Crippen molar-refractivity contribution in [2.75, 3.05) is 10.6 Å². The van der Waals surface area contributed by atoms with Gasteiger partial charge in [0, 0.05) is 11.7 Å². The van der Waals surface area contributed by atoms with Crippen LogP contribution in [-0.4, -0.2) is 28.1 Å². The molecule has 0 saturated heterocycles. The molecule has 1 aliphatic carbocycles. The number of nitrogens with two attached hydrogens (primary N) is 2. The Morgan fingerprint density at radius 3 is 2.11 bits per heavy atom. The molecule has 8 nitrogen and oxygen atoms in total. The number of hydrogen-bond acceptors (Lipinski definition) is 6. The minimum Gasteiger partial charge on any atom is -0.395 e. The van der Waals surface area contributed by atoms with Crippen LogP contribution in [0.25, 0.3) is 0 Å². The predicted octanol–water partition coefficient (Wildman–Crippen LogP) is 3.94. The summed E-state index contributed by atoms with van der Waals surface area (Å²) in [5.41, 5.74) is 11.4. The number of hydrogen-bond donors (Lipinski definition) is 3. The van der Waals surface area contributed by atoms with Crippen LogP contribution in [0, 0.1) is 11.6 Å².